The van der Waals surface area contributed by atoms with E-state index in [1.165, 1.54) is 0 Å². The molecular weight excluding hydrogens is 548 g/mol. The average Bonchev–Trinajstić information content (AvgIpc) is 2.91. The summed E-state index contributed by atoms with van der Waals surface area (Å²) in [5.41, 5.74) is 3.12. The molecule has 3 aromatic rings. The molecule has 0 heterocycles. The van der Waals surface area contributed by atoms with E-state index in [0.29, 0.717) is 31.2 Å². The van der Waals surface area contributed by atoms with E-state index >= 15 is 0 Å². The van der Waals surface area contributed by atoms with Crippen LogP contribution in [0.2, 0.25) is 0 Å². The molecule has 0 fully saturated rings. The average molecular weight is 584 g/mol. The lowest BCUT2D eigenvalue weighted by molar-refractivity contribution is -0.139. The summed E-state index contributed by atoms with van der Waals surface area (Å²) in [6.45, 7) is 5.05. The van der Waals surface area contributed by atoms with Crippen molar-refractivity contribution < 1.29 is 14.3 Å². The van der Waals surface area contributed by atoms with Crippen LogP contribution in [0.5, 0.6) is 5.75 Å². The molecule has 1 atom stereocenters. The summed E-state index contributed by atoms with van der Waals surface area (Å²) in [6, 6.07) is 25.0. The fourth-order valence-electron chi connectivity index (χ4n) is 3.82. The summed E-state index contributed by atoms with van der Waals surface area (Å²) in [4.78, 5) is 28.9. The number of carbonyl (C=O) groups excluding carboxylic acids is 2. The molecule has 2 amide bonds. The van der Waals surface area contributed by atoms with Crippen LogP contribution in [0, 0.1) is 5.92 Å². The first-order valence-electron chi connectivity index (χ1n) is 12.4. The normalized spacial score (nSPS) is 11.7. The first-order chi connectivity index (χ1) is 17.9. The smallest absolute Gasteiger partial charge is 0.243 e. The highest BCUT2D eigenvalue weighted by atomic mass is 79.9. The SMILES string of the molecule is COc1ccc(CSCC(=O)N(Cc2ccc(Br)cc2)[C@H](Cc2ccccc2)C(=O)NCC(C)C)cc1. The van der Waals surface area contributed by atoms with Crippen LogP contribution in [-0.4, -0.2) is 42.2 Å². The van der Waals surface area contributed by atoms with E-state index in [-0.39, 0.29) is 17.6 Å². The molecule has 0 aliphatic heterocycles. The Morgan fingerprint density at radius 3 is 2.19 bits per heavy atom. The molecule has 0 radical (unpaired) electrons. The van der Waals surface area contributed by atoms with Crippen LogP contribution in [0.25, 0.3) is 0 Å². The van der Waals surface area contributed by atoms with Crippen molar-refractivity contribution in [3.8, 4) is 5.75 Å². The zero-order chi connectivity index (χ0) is 26.6. The molecule has 0 saturated heterocycles. The predicted octanol–water partition coefficient (Wildman–Crippen LogP) is 6.10. The van der Waals surface area contributed by atoms with E-state index in [1.807, 2.05) is 78.9 Å². The number of ether oxygens (including phenoxy) is 1. The van der Waals surface area contributed by atoms with Gasteiger partial charge in [0.15, 0.2) is 0 Å². The predicted molar refractivity (Wildman–Crippen MR) is 156 cm³/mol. The highest BCUT2D eigenvalue weighted by molar-refractivity contribution is 9.10. The fraction of sp³-hybridized carbons (Fsp3) is 0.333. The van der Waals surface area contributed by atoms with Gasteiger partial charge in [-0.25, -0.2) is 0 Å². The summed E-state index contributed by atoms with van der Waals surface area (Å²) in [5, 5.41) is 3.07. The van der Waals surface area contributed by atoms with Gasteiger partial charge in [0.1, 0.15) is 11.8 Å². The van der Waals surface area contributed by atoms with E-state index in [9.17, 15) is 9.59 Å². The summed E-state index contributed by atoms with van der Waals surface area (Å²) in [6.07, 6.45) is 0.455. The number of hydrogen-bond donors (Lipinski definition) is 1. The zero-order valence-electron chi connectivity index (χ0n) is 21.7. The minimum Gasteiger partial charge on any atom is -0.497 e. The Morgan fingerprint density at radius 2 is 1.57 bits per heavy atom. The number of rotatable bonds is 13. The number of halogens is 1. The van der Waals surface area contributed by atoms with E-state index in [1.54, 1.807) is 23.8 Å². The second kappa shape index (κ2) is 14.8. The fourth-order valence-corrected chi connectivity index (χ4v) is 4.96. The number of nitrogens with one attached hydrogen (secondary N) is 1. The summed E-state index contributed by atoms with van der Waals surface area (Å²) >= 11 is 5.03. The number of hydrogen-bond acceptors (Lipinski definition) is 4. The van der Waals surface area contributed by atoms with Crippen molar-refractivity contribution in [3.63, 3.8) is 0 Å². The summed E-state index contributed by atoms with van der Waals surface area (Å²) in [5.74, 6) is 1.93. The van der Waals surface area contributed by atoms with Gasteiger partial charge in [-0.3, -0.25) is 9.59 Å². The Balaban J connectivity index is 1.81. The number of thioether (sulfide) groups is 1. The monoisotopic (exact) mass is 582 g/mol. The summed E-state index contributed by atoms with van der Waals surface area (Å²) in [7, 11) is 1.64. The molecular formula is C30H35BrN2O3S. The van der Waals surface area contributed by atoms with Crippen LogP contribution in [0.4, 0.5) is 0 Å². The van der Waals surface area contributed by atoms with E-state index < -0.39 is 6.04 Å². The maximum atomic E-state index is 13.7. The standard InChI is InChI=1S/C30H35BrN2O3S/c1-22(2)18-32-30(35)28(17-23-7-5-4-6-8-23)33(19-24-9-13-26(31)14-10-24)29(34)21-37-20-25-11-15-27(36-3)16-12-25/h4-16,22,28H,17-21H2,1-3H3,(H,32,35)/t28-/m1/s1. The van der Waals surface area contributed by atoms with Crippen molar-refractivity contribution in [1.29, 1.82) is 0 Å². The molecule has 5 nitrogen and oxygen atoms in total. The minimum absolute atomic E-state index is 0.0536. The molecule has 0 saturated carbocycles. The number of carbonyl (C=O) groups is 2. The molecule has 37 heavy (non-hydrogen) atoms. The Bertz CT molecular complexity index is 1120. The third-order valence-electron chi connectivity index (χ3n) is 5.88. The Labute approximate surface area is 233 Å². The highest BCUT2D eigenvalue weighted by Crippen LogP contribution is 2.21. The quantitative estimate of drug-likeness (QED) is 0.264. The largest absolute Gasteiger partial charge is 0.497 e. The van der Waals surface area contributed by atoms with Gasteiger partial charge in [0.25, 0.3) is 0 Å². The van der Waals surface area contributed by atoms with Crippen molar-refractivity contribution >= 4 is 39.5 Å². The molecule has 7 heteroatoms. The minimum atomic E-state index is -0.612. The zero-order valence-corrected chi connectivity index (χ0v) is 24.1. The van der Waals surface area contributed by atoms with Crippen molar-refractivity contribution in [3.05, 3.63) is 100 Å². The number of benzene rings is 3. The van der Waals surface area contributed by atoms with Crippen molar-refractivity contribution in [2.75, 3.05) is 19.4 Å². The van der Waals surface area contributed by atoms with E-state index in [0.717, 1.165) is 26.9 Å². The third-order valence-corrected chi connectivity index (χ3v) is 7.39. The first kappa shape index (κ1) is 28.8. The van der Waals surface area contributed by atoms with Gasteiger partial charge in [0.2, 0.25) is 11.8 Å². The van der Waals surface area contributed by atoms with Crippen LogP contribution < -0.4 is 10.1 Å². The van der Waals surface area contributed by atoms with Gasteiger partial charge < -0.3 is 15.0 Å². The van der Waals surface area contributed by atoms with Gasteiger partial charge in [0.05, 0.1) is 12.9 Å². The molecule has 0 aliphatic carbocycles. The molecule has 3 rings (SSSR count). The maximum Gasteiger partial charge on any atom is 0.243 e. The number of methoxy groups -OCH3 is 1. The topological polar surface area (TPSA) is 58.6 Å². The lowest BCUT2D eigenvalue weighted by Gasteiger charge is -2.32. The Hall–Kier alpha value is -2.77. The molecule has 1 N–H and O–H groups in total. The molecule has 3 aromatic carbocycles. The Kier molecular flexibility index (Phi) is 11.5. The Morgan fingerprint density at radius 1 is 0.919 bits per heavy atom. The third kappa shape index (κ3) is 9.56. The van der Waals surface area contributed by atoms with Gasteiger partial charge in [-0.05, 0) is 46.9 Å². The summed E-state index contributed by atoms with van der Waals surface area (Å²) < 4.78 is 6.20. The highest BCUT2D eigenvalue weighted by Gasteiger charge is 2.30. The van der Waals surface area contributed by atoms with Gasteiger partial charge >= 0.3 is 0 Å². The molecule has 0 aromatic heterocycles. The van der Waals surface area contributed by atoms with Crippen LogP contribution in [0.1, 0.15) is 30.5 Å². The molecule has 0 aliphatic rings. The van der Waals surface area contributed by atoms with Crippen LogP contribution >= 0.6 is 27.7 Å². The van der Waals surface area contributed by atoms with Gasteiger partial charge in [0, 0.05) is 29.7 Å². The van der Waals surface area contributed by atoms with Crippen molar-refractivity contribution in [2.24, 2.45) is 5.92 Å². The molecule has 0 spiro atoms. The van der Waals surface area contributed by atoms with E-state index in [2.05, 4.69) is 35.1 Å². The molecule has 196 valence electrons. The maximum absolute atomic E-state index is 13.7. The lowest BCUT2D eigenvalue weighted by atomic mass is 10.0. The van der Waals surface area contributed by atoms with Gasteiger partial charge in [-0.15, -0.1) is 11.8 Å². The van der Waals surface area contributed by atoms with Crippen LogP contribution in [-0.2, 0) is 28.3 Å². The second-order valence-corrected chi connectivity index (χ2v) is 11.2. The van der Waals surface area contributed by atoms with Crippen LogP contribution in [0.3, 0.4) is 0 Å². The van der Waals surface area contributed by atoms with E-state index in [4.69, 9.17) is 4.74 Å². The number of amides is 2. The van der Waals surface area contributed by atoms with Gasteiger partial charge in [-0.2, -0.15) is 0 Å². The first-order valence-corrected chi connectivity index (χ1v) is 14.4. The molecule has 0 unspecified atom stereocenters. The van der Waals surface area contributed by atoms with Gasteiger partial charge in [-0.1, -0.05) is 84.4 Å². The van der Waals surface area contributed by atoms with Crippen molar-refractivity contribution in [1.82, 2.24) is 10.2 Å². The number of nitrogens with zero attached hydrogens (tertiary/aromatic N) is 1. The van der Waals surface area contributed by atoms with Crippen molar-refractivity contribution in [2.45, 2.75) is 38.6 Å². The second-order valence-electron chi connectivity index (χ2n) is 9.33. The van der Waals surface area contributed by atoms with Crippen LogP contribution in [0.15, 0.2) is 83.3 Å². The molecule has 0 bridgehead atoms. The lowest BCUT2D eigenvalue weighted by Crippen LogP contribution is -2.51.